The van der Waals surface area contributed by atoms with E-state index in [-0.39, 0.29) is 13.2 Å². The van der Waals surface area contributed by atoms with E-state index in [1.165, 1.54) is 21.7 Å². The van der Waals surface area contributed by atoms with E-state index in [0.29, 0.717) is 6.54 Å². The Labute approximate surface area is 102 Å². The molecule has 0 atom stereocenters. The Balaban J connectivity index is 1.65. The van der Waals surface area contributed by atoms with Crippen molar-refractivity contribution in [3.05, 3.63) is 21.4 Å². The fourth-order valence-corrected chi connectivity index (χ4v) is 3.16. The van der Waals surface area contributed by atoms with Gasteiger partial charge in [0.05, 0.1) is 6.61 Å². The van der Waals surface area contributed by atoms with Gasteiger partial charge in [-0.2, -0.15) is 0 Å². The van der Waals surface area contributed by atoms with Crippen molar-refractivity contribution in [2.24, 2.45) is 0 Å². The molecule has 1 aliphatic rings. The summed E-state index contributed by atoms with van der Waals surface area (Å²) in [6.45, 7) is 0.496. The number of halogens is 3. The highest BCUT2D eigenvalue weighted by Crippen LogP contribution is 2.30. The number of ether oxygens (including phenoxy) is 1. The van der Waals surface area contributed by atoms with E-state index in [0.717, 1.165) is 12.8 Å². The van der Waals surface area contributed by atoms with Crippen LogP contribution in [0.15, 0.2) is 6.07 Å². The zero-order chi connectivity index (χ0) is 12.3. The van der Waals surface area contributed by atoms with Gasteiger partial charge >= 0.3 is 6.36 Å². The molecule has 0 bridgehead atoms. The third kappa shape index (κ3) is 3.97. The van der Waals surface area contributed by atoms with Crippen LogP contribution in [0.2, 0.25) is 0 Å². The molecule has 0 unspecified atom stereocenters. The van der Waals surface area contributed by atoms with Crippen LogP contribution in [0.3, 0.4) is 0 Å². The van der Waals surface area contributed by atoms with E-state index in [1.54, 1.807) is 11.3 Å². The molecule has 0 spiro atoms. The highest BCUT2D eigenvalue weighted by Gasteiger charge is 2.28. The van der Waals surface area contributed by atoms with Crippen molar-refractivity contribution >= 4 is 11.3 Å². The molecule has 0 aliphatic heterocycles. The minimum atomic E-state index is -4.52. The van der Waals surface area contributed by atoms with Gasteiger partial charge in [-0.3, -0.25) is 4.74 Å². The minimum absolute atomic E-state index is 0.210. The van der Waals surface area contributed by atoms with Gasteiger partial charge in [-0.25, -0.2) is 0 Å². The molecular weight excluding hydrogens is 251 g/mol. The lowest BCUT2D eigenvalue weighted by Crippen LogP contribution is -2.23. The molecule has 0 saturated heterocycles. The Morgan fingerprint density at radius 3 is 2.88 bits per heavy atom. The molecule has 2 rings (SSSR count). The van der Waals surface area contributed by atoms with Crippen LogP contribution in [0.4, 0.5) is 13.2 Å². The van der Waals surface area contributed by atoms with Gasteiger partial charge in [0.1, 0.15) is 0 Å². The number of hydrogen-bond donors (Lipinski definition) is 1. The number of rotatable bonds is 5. The van der Waals surface area contributed by atoms with Gasteiger partial charge in [-0.15, -0.1) is 24.5 Å². The molecule has 0 aromatic carbocycles. The first-order chi connectivity index (χ1) is 8.04. The SMILES string of the molecule is FC(F)(F)OCCNCc1cc2c(s1)CCC2. The molecule has 1 N–H and O–H groups in total. The summed E-state index contributed by atoms with van der Waals surface area (Å²) >= 11 is 1.76. The maximum atomic E-state index is 11.7. The standard InChI is InChI=1S/C11H14F3NOS/c12-11(13,14)16-5-4-15-7-9-6-8-2-1-3-10(8)17-9/h6,15H,1-5,7H2. The van der Waals surface area contributed by atoms with Crippen molar-refractivity contribution in [1.82, 2.24) is 5.32 Å². The topological polar surface area (TPSA) is 21.3 Å². The van der Waals surface area contributed by atoms with Crippen LogP contribution in [-0.2, 0) is 24.1 Å². The normalized spacial score (nSPS) is 15.2. The molecule has 17 heavy (non-hydrogen) atoms. The summed E-state index contributed by atoms with van der Waals surface area (Å²) in [5, 5.41) is 2.95. The van der Waals surface area contributed by atoms with Crippen LogP contribution in [0, 0.1) is 0 Å². The summed E-state index contributed by atoms with van der Waals surface area (Å²) in [4.78, 5) is 2.63. The van der Waals surface area contributed by atoms with Crippen LogP contribution in [0.1, 0.15) is 21.7 Å². The van der Waals surface area contributed by atoms with E-state index in [4.69, 9.17) is 0 Å². The van der Waals surface area contributed by atoms with Crippen molar-refractivity contribution in [2.45, 2.75) is 32.2 Å². The number of hydrogen-bond acceptors (Lipinski definition) is 3. The van der Waals surface area contributed by atoms with E-state index < -0.39 is 6.36 Å². The van der Waals surface area contributed by atoms with Crippen molar-refractivity contribution < 1.29 is 17.9 Å². The van der Waals surface area contributed by atoms with Crippen molar-refractivity contribution in [2.75, 3.05) is 13.2 Å². The number of alkyl halides is 3. The second-order valence-electron chi connectivity index (χ2n) is 3.99. The van der Waals surface area contributed by atoms with E-state index >= 15 is 0 Å². The van der Waals surface area contributed by atoms with Crippen LogP contribution < -0.4 is 5.32 Å². The van der Waals surface area contributed by atoms with Gasteiger partial charge in [-0.1, -0.05) is 0 Å². The van der Waals surface area contributed by atoms with E-state index in [2.05, 4.69) is 16.1 Å². The van der Waals surface area contributed by atoms with Gasteiger partial charge < -0.3 is 5.32 Å². The average Bonchev–Trinajstić information content (AvgIpc) is 2.75. The predicted octanol–water partition coefficient (Wildman–Crippen LogP) is 2.86. The lowest BCUT2D eigenvalue weighted by Gasteiger charge is -2.07. The molecule has 0 amide bonds. The van der Waals surface area contributed by atoms with Gasteiger partial charge in [-0.05, 0) is 30.9 Å². The number of thiophene rings is 1. The first-order valence-electron chi connectivity index (χ1n) is 5.56. The Morgan fingerprint density at radius 1 is 1.35 bits per heavy atom. The minimum Gasteiger partial charge on any atom is -0.310 e. The molecule has 2 nitrogen and oxygen atoms in total. The maximum absolute atomic E-state index is 11.7. The zero-order valence-electron chi connectivity index (χ0n) is 9.27. The molecule has 96 valence electrons. The summed E-state index contributed by atoms with van der Waals surface area (Å²) < 4.78 is 38.7. The highest BCUT2D eigenvalue weighted by atomic mass is 32.1. The van der Waals surface area contributed by atoms with Crippen molar-refractivity contribution in [3.8, 4) is 0 Å². The van der Waals surface area contributed by atoms with Crippen LogP contribution in [0.25, 0.3) is 0 Å². The van der Waals surface area contributed by atoms with Crippen molar-refractivity contribution in [3.63, 3.8) is 0 Å². The third-order valence-corrected chi connectivity index (χ3v) is 3.88. The molecular formula is C11H14F3NOS. The lowest BCUT2D eigenvalue weighted by molar-refractivity contribution is -0.323. The number of nitrogens with one attached hydrogen (secondary N) is 1. The Hall–Kier alpha value is -0.590. The molecule has 6 heteroatoms. The van der Waals surface area contributed by atoms with Gasteiger partial charge in [0, 0.05) is 22.8 Å². The fourth-order valence-electron chi connectivity index (χ4n) is 1.93. The lowest BCUT2D eigenvalue weighted by atomic mass is 10.2. The first-order valence-corrected chi connectivity index (χ1v) is 6.38. The maximum Gasteiger partial charge on any atom is 0.522 e. The quantitative estimate of drug-likeness (QED) is 0.827. The molecule has 1 aliphatic carbocycles. The van der Waals surface area contributed by atoms with Crippen LogP contribution in [0.5, 0.6) is 0 Å². The zero-order valence-corrected chi connectivity index (χ0v) is 10.1. The third-order valence-electron chi connectivity index (χ3n) is 2.64. The monoisotopic (exact) mass is 265 g/mol. The van der Waals surface area contributed by atoms with Crippen LogP contribution in [-0.4, -0.2) is 19.5 Å². The Kier molecular flexibility index (Phi) is 4.06. The smallest absolute Gasteiger partial charge is 0.310 e. The molecule has 1 heterocycles. The highest BCUT2D eigenvalue weighted by molar-refractivity contribution is 7.12. The Bertz CT molecular complexity index is 354. The van der Waals surface area contributed by atoms with Gasteiger partial charge in [0.15, 0.2) is 0 Å². The molecule has 0 saturated carbocycles. The molecule has 0 radical (unpaired) electrons. The predicted molar refractivity (Wildman–Crippen MR) is 60.1 cm³/mol. The fraction of sp³-hybridized carbons (Fsp3) is 0.636. The van der Waals surface area contributed by atoms with E-state index in [9.17, 15) is 13.2 Å². The molecule has 1 aromatic heterocycles. The average molecular weight is 265 g/mol. The van der Waals surface area contributed by atoms with Crippen molar-refractivity contribution in [1.29, 1.82) is 0 Å². The second kappa shape index (κ2) is 5.37. The summed E-state index contributed by atoms with van der Waals surface area (Å²) in [5.41, 5.74) is 1.42. The summed E-state index contributed by atoms with van der Waals surface area (Å²) in [6.07, 6.45) is -1.000. The van der Waals surface area contributed by atoms with Gasteiger partial charge in [0.2, 0.25) is 0 Å². The largest absolute Gasteiger partial charge is 0.522 e. The number of fused-ring (bicyclic) bond motifs is 1. The summed E-state index contributed by atoms with van der Waals surface area (Å²) in [7, 11) is 0. The summed E-state index contributed by atoms with van der Waals surface area (Å²) in [6, 6.07) is 2.16. The number of aryl methyl sites for hydroxylation is 2. The first kappa shape index (κ1) is 12.9. The second-order valence-corrected chi connectivity index (χ2v) is 5.21. The summed E-state index contributed by atoms with van der Waals surface area (Å²) in [5.74, 6) is 0. The Morgan fingerprint density at radius 2 is 2.18 bits per heavy atom. The van der Waals surface area contributed by atoms with Gasteiger partial charge in [0.25, 0.3) is 0 Å². The van der Waals surface area contributed by atoms with E-state index in [1.807, 2.05) is 0 Å². The molecule has 1 aromatic rings. The van der Waals surface area contributed by atoms with Crippen LogP contribution >= 0.6 is 11.3 Å². The molecule has 0 fully saturated rings.